The quantitative estimate of drug-likeness (QED) is 0.938. The van der Waals surface area contributed by atoms with Crippen molar-refractivity contribution < 1.29 is 14.0 Å². The molecule has 1 aliphatic heterocycles. The first kappa shape index (κ1) is 16.2. The van der Waals surface area contributed by atoms with Crippen molar-refractivity contribution in [1.82, 2.24) is 4.90 Å². The Bertz CT molecular complexity index is 761. The Morgan fingerprint density at radius 3 is 2.75 bits per heavy atom. The highest BCUT2D eigenvalue weighted by molar-refractivity contribution is 5.97. The number of carbonyl (C=O) groups is 2. The molecular formula is C19H19FN2O2. The maximum Gasteiger partial charge on any atom is 0.229 e. The highest BCUT2D eigenvalue weighted by Crippen LogP contribution is 2.23. The molecule has 0 aliphatic carbocycles. The van der Waals surface area contributed by atoms with Gasteiger partial charge >= 0.3 is 0 Å². The molecule has 0 bridgehead atoms. The van der Waals surface area contributed by atoms with Gasteiger partial charge in [-0.15, -0.1) is 0 Å². The zero-order chi connectivity index (χ0) is 17.1. The predicted molar refractivity (Wildman–Crippen MR) is 89.7 cm³/mol. The zero-order valence-electron chi connectivity index (χ0n) is 13.5. The molecule has 1 heterocycles. The van der Waals surface area contributed by atoms with Crippen LogP contribution in [-0.2, 0) is 16.1 Å². The number of aryl methyl sites for hydroxylation is 1. The van der Waals surface area contributed by atoms with Gasteiger partial charge in [0.15, 0.2) is 0 Å². The normalized spacial score (nSPS) is 17.2. The van der Waals surface area contributed by atoms with Crippen LogP contribution in [0.5, 0.6) is 0 Å². The summed E-state index contributed by atoms with van der Waals surface area (Å²) in [6, 6.07) is 13.9. The first-order chi connectivity index (χ1) is 11.5. The Morgan fingerprint density at radius 2 is 2.00 bits per heavy atom. The van der Waals surface area contributed by atoms with Gasteiger partial charge in [-0.05, 0) is 30.2 Å². The van der Waals surface area contributed by atoms with Crippen LogP contribution in [0.15, 0.2) is 48.5 Å². The lowest BCUT2D eigenvalue weighted by atomic mass is 10.1. The first-order valence-electron chi connectivity index (χ1n) is 7.91. The van der Waals surface area contributed by atoms with Crippen LogP contribution in [0.2, 0.25) is 0 Å². The number of anilines is 1. The highest BCUT2D eigenvalue weighted by atomic mass is 19.1. The molecule has 2 amide bonds. The Morgan fingerprint density at radius 1 is 1.25 bits per heavy atom. The van der Waals surface area contributed by atoms with Gasteiger partial charge in [0, 0.05) is 25.2 Å². The predicted octanol–water partition coefficient (Wildman–Crippen LogP) is 3.12. The second-order valence-electron chi connectivity index (χ2n) is 6.11. The number of benzene rings is 2. The summed E-state index contributed by atoms with van der Waals surface area (Å²) < 4.78 is 13.3. The number of amides is 2. The third-order valence-corrected chi connectivity index (χ3v) is 4.26. The van der Waals surface area contributed by atoms with Crippen LogP contribution < -0.4 is 5.32 Å². The van der Waals surface area contributed by atoms with E-state index in [0.717, 1.165) is 11.1 Å². The van der Waals surface area contributed by atoms with Crippen LogP contribution >= 0.6 is 0 Å². The fraction of sp³-hybridized carbons (Fsp3) is 0.263. The summed E-state index contributed by atoms with van der Waals surface area (Å²) >= 11 is 0. The van der Waals surface area contributed by atoms with Crippen LogP contribution in [0.4, 0.5) is 10.1 Å². The van der Waals surface area contributed by atoms with E-state index >= 15 is 0 Å². The molecule has 1 atom stereocenters. The van der Waals surface area contributed by atoms with E-state index in [4.69, 9.17) is 0 Å². The second kappa shape index (κ2) is 6.83. The number of nitrogens with zero attached hydrogens (tertiary/aromatic N) is 1. The molecule has 0 spiro atoms. The minimum atomic E-state index is -0.413. The molecule has 1 fully saturated rings. The van der Waals surface area contributed by atoms with Crippen molar-refractivity contribution in [1.29, 1.82) is 0 Å². The third kappa shape index (κ3) is 3.62. The second-order valence-corrected chi connectivity index (χ2v) is 6.11. The maximum absolute atomic E-state index is 13.3. The van der Waals surface area contributed by atoms with Crippen molar-refractivity contribution in [2.24, 2.45) is 5.92 Å². The van der Waals surface area contributed by atoms with Gasteiger partial charge in [-0.2, -0.15) is 0 Å². The maximum atomic E-state index is 13.3. The topological polar surface area (TPSA) is 49.4 Å². The molecule has 24 heavy (non-hydrogen) atoms. The highest BCUT2D eigenvalue weighted by Gasteiger charge is 2.34. The monoisotopic (exact) mass is 326 g/mol. The van der Waals surface area contributed by atoms with Crippen molar-refractivity contribution in [3.05, 3.63) is 65.5 Å². The van der Waals surface area contributed by atoms with Crippen molar-refractivity contribution >= 4 is 17.5 Å². The van der Waals surface area contributed by atoms with Gasteiger partial charge in [-0.25, -0.2) is 4.39 Å². The average molecular weight is 326 g/mol. The Balaban J connectivity index is 1.64. The lowest BCUT2D eigenvalue weighted by Gasteiger charge is -2.17. The number of carbonyl (C=O) groups excluding carboxylic acids is 2. The summed E-state index contributed by atoms with van der Waals surface area (Å²) in [5.41, 5.74) is 2.28. The van der Waals surface area contributed by atoms with E-state index in [2.05, 4.69) is 5.32 Å². The van der Waals surface area contributed by atoms with E-state index in [1.165, 1.54) is 12.1 Å². The van der Waals surface area contributed by atoms with Crippen LogP contribution in [0.3, 0.4) is 0 Å². The molecule has 5 heteroatoms. The fourth-order valence-electron chi connectivity index (χ4n) is 2.87. The molecular weight excluding hydrogens is 307 g/mol. The summed E-state index contributed by atoms with van der Waals surface area (Å²) in [7, 11) is 0. The van der Waals surface area contributed by atoms with Gasteiger partial charge in [0.05, 0.1) is 5.92 Å². The minimum absolute atomic E-state index is 0.0324. The van der Waals surface area contributed by atoms with Crippen molar-refractivity contribution in [3.63, 3.8) is 0 Å². The van der Waals surface area contributed by atoms with E-state index in [1.807, 2.05) is 30.3 Å². The molecule has 1 aliphatic rings. The molecule has 0 aromatic heterocycles. The van der Waals surface area contributed by atoms with Crippen LogP contribution in [0, 0.1) is 18.7 Å². The van der Waals surface area contributed by atoms with E-state index < -0.39 is 11.7 Å². The molecule has 0 saturated carbocycles. The average Bonchev–Trinajstić information content (AvgIpc) is 2.93. The summed E-state index contributed by atoms with van der Waals surface area (Å²) in [4.78, 5) is 26.3. The van der Waals surface area contributed by atoms with Gasteiger partial charge in [-0.1, -0.05) is 36.4 Å². The molecule has 2 aromatic carbocycles. The first-order valence-corrected chi connectivity index (χ1v) is 7.91. The molecule has 4 nitrogen and oxygen atoms in total. The van der Waals surface area contributed by atoms with E-state index in [1.54, 1.807) is 17.9 Å². The van der Waals surface area contributed by atoms with Crippen molar-refractivity contribution in [2.75, 3.05) is 11.9 Å². The lowest BCUT2D eigenvalue weighted by molar-refractivity contribution is -0.128. The van der Waals surface area contributed by atoms with Crippen molar-refractivity contribution in [3.8, 4) is 0 Å². The van der Waals surface area contributed by atoms with Crippen LogP contribution in [0.1, 0.15) is 17.5 Å². The molecule has 3 rings (SSSR count). The number of hydrogen-bond acceptors (Lipinski definition) is 2. The van der Waals surface area contributed by atoms with Gasteiger partial charge in [0.25, 0.3) is 0 Å². The van der Waals surface area contributed by atoms with Gasteiger partial charge in [0.2, 0.25) is 11.8 Å². The lowest BCUT2D eigenvalue weighted by Crippen LogP contribution is -2.28. The van der Waals surface area contributed by atoms with E-state index in [0.29, 0.717) is 18.8 Å². The standard InChI is InChI=1S/C19H19FN2O2/c1-13-7-8-16(20)10-17(13)21-19(24)15-9-18(23)22(12-15)11-14-5-3-2-4-6-14/h2-8,10,15H,9,11-12H2,1H3,(H,21,24)/t15-/m0/s1. The molecule has 1 N–H and O–H groups in total. The minimum Gasteiger partial charge on any atom is -0.338 e. The van der Waals surface area contributed by atoms with Crippen LogP contribution in [-0.4, -0.2) is 23.3 Å². The summed E-state index contributed by atoms with van der Waals surface area (Å²) in [5.74, 6) is -1.09. The number of nitrogens with one attached hydrogen (secondary N) is 1. The Kier molecular flexibility index (Phi) is 4.60. The van der Waals surface area contributed by atoms with Gasteiger partial charge in [0.1, 0.15) is 5.82 Å². The smallest absolute Gasteiger partial charge is 0.229 e. The van der Waals surface area contributed by atoms with E-state index in [-0.39, 0.29) is 18.2 Å². The third-order valence-electron chi connectivity index (χ3n) is 4.26. The SMILES string of the molecule is Cc1ccc(F)cc1NC(=O)[C@H]1CC(=O)N(Cc2ccccc2)C1. The van der Waals surface area contributed by atoms with Crippen LogP contribution in [0.25, 0.3) is 0 Å². The molecule has 1 saturated heterocycles. The summed E-state index contributed by atoms with van der Waals surface area (Å²) in [5, 5.41) is 2.74. The van der Waals surface area contributed by atoms with Gasteiger partial charge in [-0.3, -0.25) is 9.59 Å². The fourth-order valence-corrected chi connectivity index (χ4v) is 2.87. The zero-order valence-corrected chi connectivity index (χ0v) is 13.5. The number of rotatable bonds is 4. The van der Waals surface area contributed by atoms with Crippen molar-refractivity contribution in [2.45, 2.75) is 19.9 Å². The Labute approximate surface area is 140 Å². The molecule has 124 valence electrons. The largest absolute Gasteiger partial charge is 0.338 e. The number of hydrogen-bond donors (Lipinski definition) is 1. The number of likely N-dealkylation sites (tertiary alicyclic amines) is 1. The Hall–Kier alpha value is -2.69. The molecule has 2 aromatic rings. The number of halogens is 1. The summed E-state index contributed by atoms with van der Waals surface area (Å²) in [6.07, 6.45) is 0.188. The summed E-state index contributed by atoms with van der Waals surface area (Å²) in [6.45, 7) is 2.69. The van der Waals surface area contributed by atoms with E-state index in [9.17, 15) is 14.0 Å². The van der Waals surface area contributed by atoms with Gasteiger partial charge < -0.3 is 10.2 Å². The molecule has 0 unspecified atom stereocenters. The molecule has 0 radical (unpaired) electrons.